The molecule has 0 saturated heterocycles. The summed E-state index contributed by atoms with van der Waals surface area (Å²) in [5, 5.41) is 1.03. The molecule has 3 rings (SSSR count). The topological polar surface area (TPSA) is 12.9 Å². The number of rotatable bonds is 6. The number of aromatic nitrogens is 1. The van der Waals surface area contributed by atoms with Crippen LogP contribution in [0.25, 0.3) is 22.0 Å². The first-order valence-electron chi connectivity index (χ1n) is 8.42. The van der Waals surface area contributed by atoms with Gasteiger partial charge in [0, 0.05) is 17.1 Å². The van der Waals surface area contributed by atoms with Gasteiger partial charge in [-0.2, -0.15) is 0 Å². The van der Waals surface area contributed by atoms with Crippen molar-refractivity contribution in [3.63, 3.8) is 0 Å². The summed E-state index contributed by atoms with van der Waals surface area (Å²) in [6, 6.07) is 15.2. The number of benzene rings is 2. The molecular formula is C21H22FN. The van der Waals surface area contributed by atoms with E-state index in [9.17, 15) is 4.39 Å². The van der Waals surface area contributed by atoms with Crippen LogP contribution in [0, 0.1) is 5.82 Å². The van der Waals surface area contributed by atoms with Crippen LogP contribution in [0.15, 0.2) is 54.7 Å². The van der Waals surface area contributed by atoms with Gasteiger partial charge in [0.15, 0.2) is 0 Å². The molecule has 118 valence electrons. The predicted molar refractivity (Wildman–Crippen MR) is 95.0 cm³/mol. The summed E-state index contributed by atoms with van der Waals surface area (Å²) in [6.45, 7) is 2.22. The number of hydrogen-bond donors (Lipinski definition) is 0. The van der Waals surface area contributed by atoms with Crippen LogP contribution in [-0.2, 0) is 6.42 Å². The van der Waals surface area contributed by atoms with Gasteiger partial charge in [-0.05, 0) is 48.2 Å². The summed E-state index contributed by atoms with van der Waals surface area (Å²) in [4.78, 5) is 4.43. The van der Waals surface area contributed by atoms with Crippen molar-refractivity contribution < 1.29 is 4.39 Å². The lowest BCUT2D eigenvalue weighted by atomic mass is 9.98. The molecule has 1 aromatic heterocycles. The van der Waals surface area contributed by atoms with Gasteiger partial charge in [-0.15, -0.1) is 0 Å². The Morgan fingerprint density at radius 2 is 1.78 bits per heavy atom. The van der Waals surface area contributed by atoms with Gasteiger partial charge in [-0.3, -0.25) is 4.98 Å². The molecule has 0 unspecified atom stereocenters. The Kier molecular flexibility index (Phi) is 5.02. The maximum atomic E-state index is 14.2. The molecule has 0 atom stereocenters. The van der Waals surface area contributed by atoms with Crippen LogP contribution in [0.4, 0.5) is 4.39 Å². The Morgan fingerprint density at radius 1 is 0.913 bits per heavy atom. The molecule has 0 radical (unpaired) electrons. The van der Waals surface area contributed by atoms with Crippen molar-refractivity contribution in [1.29, 1.82) is 0 Å². The molecule has 0 amide bonds. The molecule has 1 nitrogen and oxygen atoms in total. The van der Waals surface area contributed by atoms with E-state index in [0.29, 0.717) is 5.56 Å². The maximum absolute atomic E-state index is 14.2. The Bertz CT molecular complexity index is 795. The first-order chi connectivity index (χ1) is 11.3. The van der Waals surface area contributed by atoms with E-state index in [-0.39, 0.29) is 5.82 Å². The molecule has 2 aromatic carbocycles. The van der Waals surface area contributed by atoms with Crippen LogP contribution in [-0.4, -0.2) is 4.98 Å². The minimum absolute atomic E-state index is 0.187. The lowest BCUT2D eigenvalue weighted by molar-refractivity contribution is 0.631. The second-order valence-electron chi connectivity index (χ2n) is 6.00. The molecule has 0 spiro atoms. The quantitative estimate of drug-likeness (QED) is 0.497. The highest BCUT2D eigenvalue weighted by Crippen LogP contribution is 2.30. The van der Waals surface area contributed by atoms with Crippen molar-refractivity contribution in [1.82, 2.24) is 4.98 Å². The van der Waals surface area contributed by atoms with E-state index in [2.05, 4.69) is 30.1 Å². The SMILES string of the molecule is CCCCCCc1ccc2nccc(-c3ccccc3F)c2c1. The number of pyridine rings is 1. The lowest BCUT2D eigenvalue weighted by Crippen LogP contribution is -1.91. The number of hydrogen-bond acceptors (Lipinski definition) is 1. The fourth-order valence-corrected chi connectivity index (χ4v) is 3.02. The average Bonchev–Trinajstić information content (AvgIpc) is 2.59. The Morgan fingerprint density at radius 3 is 2.61 bits per heavy atom. The van der Waals surface area contributed by atoms with Gasteiger partial charge >= 0.3 is 0 Å². The second-order valence-corrected chi connectivity index (χ2v) is 6.00. The molecule has 0 aliphatic rings. The van der Waals surface area contributed by atoms with Crippen LogP contribution in [0.5, 0.6) is 0 Å². The number of fused-ring (bicyclic) bond motifs is 1. The van der Waals surface area contributed by atoms with Gasteiger partial charge in [-0.25, -0.2) is 4.39 Å². The zero-order valence-corrected chi connectivity index (χ0v) is 13.6. The van der Waals surface area contributed by atoms with Crippen molar-refractivity contribution >= 4 is 10.9 Å². The highest BCUT2D eigenvalue weighted by molar-refractivity contribution is 5.94. The van der Waals surface area contributed by atoms with Crippen LogP contribution in [0.3, 0.4) is 0 Å². The first-order valence-corrected chi connectivity index (χ1v) is 8.42. The third kappa shape index (κ3) is 3.58. The fraction of sp³-hybridized carbons (Fsp3) is 0.286. The van der Waals surface area contributed by atoms with E-state index in [1.807, 2.05) is 18.2 Å². The summed E-state index contributed by atoms with van der Waals surface area (Å²) in [5.74, 6) is -0.187. The molecule has 2 heteroatoms. The van der Waals surface area contributed by atoms with Crippen molar-refractivity contribution in [3.05, 3.63) is 66.1 Å². The Labute approximate surface area is 137 Å². The van der Waals surface area contributed by atoms with Gasteiger partial charge < -0.3 is 0 Å². The molecule has 0 N–H and O–H groups in total. The smallest absolute Gasteiger partial charge is 0.131 e. The first kappa shape index (κ1) is 15.7. The van der Waals surface area contributed by atoms with E-state index < -0.39 is 0 Å². The van der Waals surface area contributed by atoms with E-state index in [1.165, 1.54) is 37.3 Å². The number of nitrogens with zero attached hydrogens (tertiary/aromatic N) is 1. The third-order valence-corrected chi connectivity index (χ3v) is 4.29. The van der Waals surface area contributed by atoms with Gasteiger partial charge in [0.2, 0.25) is 0 Å². The zero-order valence-electron chi connectivity index (χ0n) is 13.6. The summed E-state index contributed by atoms with van der Waals surface area (Å²) in [6.07, 6.45) is 7.83. The predicted octanol–water partition coefficient (Wildman–Crippen LogP) is 6.16. The second kappa shape index (κ2) is 7.36. The van der Waals surface area contributed by atoms with E-state index >= 15 is 0 Å². The van der Waals surface area contributed by atoms with Gasteiger partial charge in [0.1, 0.15) is 5.82 Å². The molecule has 0 aliphatic heterocycles. The summed E-state index contributed by atoms with van der Waals surface area (Å²) in [5.41, 5.74) is 3.79. The Hall–Kier alpha value is -2.22. The van der Waals surface area contributed by atoms with Crippen LogP contribution < -0.4 is 0 Å². The zero-order chi connectivity index (χ0) is 16.1. The number of unbranched alkanes of at least 4 members (excludes halogenated alkanes) is 3. The molecule has 0 bridgehead atoms. The molecule has 23 heavy (non-hydrogen) atoms. The van der Waals surface area contributed by atoms with Crippen molar-refractivity contribution in [3.8, 4) is 11.1 Å². The number of halogens is 1. The Balaban J connectivity index is 1.97. The van der Waals surface area contributed by atoms with Crippen LogP contribution in [0.2, 0.25) is 0 Å². The maximum Gasteiger partial charge on any atom is 0.131 e. The molecule has 0 fully saturated rings. The molecule has 0 saturated carbocycles. The summed E-state index contributed by atoms with van der Waals surface area (Å²) < 4.78 is 14.2. The molecular weight excluding hydrogens is 285 g/mol. The van der Waals surface area contributed by atoms with Crippen molar-refractivity contribution in [2.45, 2.75) is 39.0 Å². The normalized spacial score (nSPS) is 11.0. The highest BCUT2D eigenvalue weighted by Gasteiger charge is 2.09. The third-order valence-electron chi connectivity index (χ3n) is 4.29. The number of aryl methyl sites for hydroxylation is 1. The lowest BCUT2D eigenvalue weighted by Gasteiger charge is -2.09. The standard InChI is InChI=1S/C21H22FN/c1-2-3-4-5-8-16-11-12-21-19(15-16)17(13-14-23-21)18-9-6-7-10-20(18)22/h6-7,9-15H,2-5,8H2,1H3. The van der Waals surface area contributed by atoms with Gasteiger partial charge in [0.05, 0.1) is 5.52 Å². The molecule has 1 heterocycles. The van der Waals surface area contributed by atoms with Gasteiger partial charge in [0.25, 0.3) is 0 Å². The van der Waals surface area contributed by atoms with Gasteiger partial charge in [-0.1, -0.05) is 50.5 Å². The van der Waals surface area contributed by atoms with Crippen molar-refractivity contribution in [2.75, 3.05) is 0 Å². The van der Waals surface area contributed by atoms with E-state index in [4.69, 9.17) is 0 Å². The average molecular weight is 307 g/mol. The van der Waals surface area contributed by atoms with E-state index in [1.54, 1.807) is 12.3 Å². The minimum Gasteiger partial charge on any atom is -0.256 e. The summed E-state index contributed by atoms with van der Waals surface area (Å²) >= 11 is 0. The highest BCUT2D eigenvalue weighted by atomic mass is 19.1. The molecule has 3 aromatic rings. The van der Waals surface area contributed by atoms with E-state index in [0.717, 1.165) is 22.9 Å². The van der Waals surface area contributed by atoms with Crippen LogP contribution in [0.1, 0.15) is 38.2 Å². The monoisotopic (exact) mass is 307 g/mol. The molecule has 0 aliphatic carbocycles. The fourth-order valence-electron chi connectivity index (χ4n) is 3.02. The van der Waals surface area contributed by atoms with Crippen LogP contribution >= 0.6 is 0 Å². The van der Waals surface area contributed by atoms with Crippen molar-refractivity contribution in [2.24, 2.45) is 0 Å². The summed E-state index contributed by atoms with van der Waals surface area (Å²) in [7, 11) is 0. The largest absolute Gasteiger partial charge is 0.256 e. The minimum atomic E-state index is -0.187.